The monoisotopic (exact) mass is 461 g/mol. The molecular weight excluding hydrogens is 437 g/mol. The van der Waals surface area contributed by atoms with Crippen LogP contribution in [0.1, 0.15) is 18.5 Å². The molecule has 6 rings (SSSR count). The third-order valence-corrected chi connectivity index (χ3v) is 7.55. The Balaban J connectivity index is 1.15. The normalized spacial score (nSPS) is 29.4. The van der Waals surface area contributed by atoms with Crippen LogP contribution in [-0.4, -0.2) is 49.3 Å². The Kier molecular flexibility index (Phi) is 4.81. The topological polar surface area (TPSA) is 107 Å². The van der Waals surface area contributed by atoms with Crippen molar-refractivity contribution in [2.75, 3.05) is 31.1 Å². The van der Waals surface area contributed by atoms with Crippen LogP contribution in [0.2, 0.25) is 0 Å². The standard InChI is InChI=1S/C25H24FN5O3/c26-21-7-16(31-12-17(34-24(31)33)9-30-23(32)14-1-2-14)4-5-18(21)15-3-6-22(29-8-15)25(13-27)19-10-28-11-20(19)25/h3-8,14,17,19-20,28H,1-2,9-12H2,(H,30,32)/t17-,19-,20+,25?/m0/s1. The summed E-state index contributed by atoms with van der Waals surface area (Å²) in [5.74, 6) is 0.181. The average Bonchev–Trinajstić information content (AvgIpc) is 3.70. The van der Waals surface area contributed by atoms with E-state index < -0.39 is 23.4 Å². The van der Waals surface area contributed by atoms with Crippen molar-refractivity contribution in [1.29, 1.82) is 5.26 Å². The van der Waals surface area contributed by atoms with Crippen LogP contribution in [0.5, 0.6) is 0 Å². The Morgan fingerprint density at radius 1 is 1.29 bits per heavy atom. The zero-order valence-electron chi connectivity index (χ0n) is 18.5. The van der Waals surface area contributed by atoms with E-state index in [4.69, 9.17) is 4.74 Å². The van der Waals surface area contributed by atoms with Gasteiger partial charge in [0.15, 0.2) is 0 Å². The number of nitriles is 1. The maximum Gasteiger partial charge on any atom is 0.414 e. The Hall–Kier alpha value is -3.51. The number of amides is 2. The number of fused-ring (bicyclic) bond motifs is 1. The summed E-state index contributed by atoms with van der Waals surface area (Å²) < 4.78 is 20.4. The number of carbonyl (C=O) groups excluding carboxylic acids is 2. The van der Waals surface area contributed by atoms with Crippen molar-refractivity contribution in [2.24, 2.45) is 17.8 Å². The lowest BCUT2D eigenvalue weighted by atomic mass is 9.96. The smallest absolute Gasteiger partial charge is 0.414 e. The lowest BCUT2D eigenvalue weighted by molar-refractivity contribution is -0.122. The van der Waals surface area contributed by atoms with Crippen molar-refractivity contribution in [3.8, 4) is 17.2 Å². The van der Waals surface area contributed by atoms with Gasteiger partial charge in [-0.15, -0.1) is 0 Å². The van der Waals surface area contributed by atoms with E-state index in [2.05, 4.69) is 21.7 Å². The molecule has 4 atom stereocenters. The summed E-state index contributed by atoms with van der Waals surface area (Å²) in [6, 6.07) is 10.7. The molecule has 0 spiro atoms. The summed E-state index contributed by atoms with van der Waals surface area (Å²) in [5, 5.41) is 15.9. The number of aromatic nitrogens is 1. The Morgan fingerprint density at radius 2 is 2.09 bits per heavy atom. The van der Waals surface area contributed by atoms with Crippen LogP contribution in [0.4, 0.5) is 14.9 Å². The van der Waals surface area contributed by atoms with E-state index in [-0.39, 0.29) is 36.8 Å². The molecule has 2 aliphatic heterocycles. The van der Waals surface area contributed by atoms with Gasteiger partial charge in [0.25, 0.3) is 0 Å². The average molecular weight is 461 g/mol. The number of nitrogens with zero attached hydrogens (tertiary/aromatic N) is 3. The number of carbonyl (C=O) groups is 2. The number of cyclic esters (lactones) is 1. The van der Waals surface area contributed by atoms with Crippen molar-refractivity contribution in [3.63, 3.8) is 0 Å². The van der Waals surface area contributed by atoms with E-state index in [1.54, 1.807) is 24.4 Å². The SMILES string of the molecule is N#CC1(c2ccc(-c3ccc(N4C[C@H](CNC(=O)C5CC5)OC4=O)cc3F)cn2)[C@@H]2CNC[C@@H]21. The summed E-state index contributed by atoms with van der Waals surface area (Å²) in [5.41, 5.74) is 1.58. The molecule has 34 heavy (non-hydrogen) atoms. The molecule has 1 aromatic carbocycles. The van der Waals surface area contributed by atoms with Crippen LogP contribution in [0.15, 0.2) is 36.5 Å². The minimum atomic E-state index is -0.560. The van der Waals surface area contributed by atoms with Crippen molar-refractivity contribution < 1.29 is 18.7 Å². The fourth-order valence-corrected chi connectivity index (χ4v) is 5.39. The highest BCUT2D eigenvalue weighted by Crippen LogP contribution is 2.60. The van der Waals surface area contributed by atoms with Gasteiger partial charge < -0.3 is 15.4 Å². The van der Waals surface area contributed by atoms with Crippen LogP contribution >= 0.6 is 0 Å². The fraction of sp³-hybridized carbons (Fsp3) is 0.440. The second kappa shape index (κ2) is 7.77. The van der Waals surface area contributed by atoms with Crippen molar-refractivity contribution in [1.82, 2.24) is 15.6 Å². The number of anilines is 1. The summed E-state index contributed by atoms with van der Waals surface area (Å²) in [4.78, 5) is 30.0. The predicted molar refractivity (Wildman–Crippen MR) is 120 cm³/mol. The molecule has 2 amide bonds. The van der Waals surface area contributed by atoms with Gasteiger partial charge in [-0.05, 0) is 37.1 Å². The number of benzene rings is 1. The van der Waals surface area contributed by atoms with E-state index in [1.807, 2.05) is 6.07 Å². The van der Waals surface area contributed by atoms with Crippen molar-refractivity contribution in [3.05, 3.63) is 48.0 Å². The number of hydrogen-bond acceptors (Lipinski definition) is 6. The van der Waals surface area contributed by atoms with E-state index in [0.717, 1.165) is 31.6 Å². The number of ether oxygens (including phenoxy) is 1. The second-order valence-electron chi connectivity index (χ2n) is 9.58. The Morgan fingerprint density at radius 3 is 2.74 bits per heavy atom. The first kappa shape index (κ1) is 21.1. The zero-order valence-corrected chi connectivity index (χ0v) is 18.5. The third-order valence-electron chi connectivity index (χ3n) is 7.55. The molecule has 2 aromatic rings. The van der Waals surface area contributed by atoms with E-state index >= 15 is 4.39 Å². The number of pyridine rings is 1. The van der Waals surface area contributed by atoms with Gasteiger partial charge in [-0.3, -0.25) is 14.7 Å². The van der Waals surface area contributed by atoms with Gasteiger partial charge >= 0.3 is 6.09 Å². The molecule has 8 nitrogen and oxygen atoms in total. The molecule has 0 bridgehead atoms. The molecule has 2 saturated heterocycles. The summed E-state index contributed by atoms with van der Waals surface area (Å²) in [6.07, 6.45) is 2.39. The highest BCUT2D eigenvalue weighted by molar-refractivity contribution is 5.90. The van der Waals surface area contributed by atoms with Gasteiger partial charge in [0.05, 0.1) is 30.5 Å². The molecule has 3 heterocycles. The number of rotatable bonds is 6. The number of hydrogen-bond donors (Lipinski definition) is 2. The molecular formula is C25H24FN5O3. The Labute approximate surface area is 196 Å². The number of nitrogens with one attached hydrogen (secondary N) is 2. The second-order valence-corrected chi connectivity index (χ2v) is 9.58. The summed E-state index contributed by atoms with van der Waals surface area (Å²) >= 11 is 0. The number of piperidine rings is 1. The summed E-state index contributed by atoms with van der Waals surface area (Å²) in [7, 11) is 0. The van der Waals surface area contributed by atoms with Gasteiger partial charge in [-0.2, -0.15) is 5.26 Å². The lowest BCUT2D eigenvalue weighted by Gasteiger charge is -2.15. The number of halogens is 1. The molecule has 4 fully saturated rings. The molecule has 0 radical (unpaired) electrons. The van der Waals surface area contributed by atoms with Crippen LogP contribution in [0, 0.1) is 34.9 Å². The van der Waals surface area contributed by atoms with Crippen LogP contribution in [0.25, 0.3) is 11.1 Å². The van der Waals surface area contributed by atoms with Crippen molar-refractivity contribution >= 4 is 17.7 Å². The minimum Gasteiger partial charge on any atom is -0.442 e. The molecule has 1 aromatic heterocycles. The van der Waals surface area contributed by atoms with Gasteiger partial charge in [0.2, 0.25) is 5.91 Å². The zero-order chi connectivity index (χ0) is 23.4. The predicted octanol–water partition coefficient (Wildman–Crippen LogP) is 2.35. The maximum atomic E-state index is 15.0. The first-order valence-corrected chi connectivity index (χ1v) is 11.7. The largest absolute Gasteiger partial charge is 0.442 e. The van der Waals surface area contributed by atoms with Gasteiger partial charge in [-0.25, -0.2) is 9.18 Å². The molecule has 9 heteroatoms. The molecule has 174 valence electrons. The first-order valence-electron chi connectivity index (χ1n) is 11.7. The van der Waals surface area contributed by atoms with Crippen LogP contribution < -0.4 is 15.5 Å². The summed E-state index contributed by atoms with van der Waals surface area (Å²) in [6.45, 7) is 2.14. The van der Waals surface area contributed by atoms with E-state index in [9.17, 15) is 14.9 Å². The van der Waals surface area contributed by atoms with Gasteiger partial charge in [0, 0.05) is 48.2 Å². The first-order chi connectivity index (χ1) is 16.5. The van der Waals surface area contributed by atoms with Gasteiger partial charge in [0.1, 0.15) is 17.3 Å². The fourth-order valence-electron chi connectivity index (χ4n) is 5.39. The molecule has 2 aliphatic carbocycles. The highest BCUT2D eigenvalue weighted by atomic mass is 19.1. The highest BCUT2D eigenvalue weighted by Gasteiger charge is 2.69. The Bertz CT molecular complexity index is 1200. The van der Waals surface area contributed by atoms with Crippen LogP contribution in [0.3, 0.4) is 0 Å². The van der Waals surface area contributed by atoms with E-state index in [1.165, 1.54) is 11.0 Å². The quantitative estimate of drug-likeness (QED) is 0.684. The van der Waals surface area contributed by atoms with E-state index in [0.29, 0.717) is 16.8 Å². The third kappa shape index (κ3) is 3.32. The molecule has 2 saturated carbocycles. The van der Waals surface area contributed by atoms with Crippen molar-refractivity contribution in [2.45, 2.75) is 24.4 Å². The van der Waals surface area contributed by atoms with Crippen LogP contribution in [-0.2, 0) is 14.9 Å². The molecule has 4 aliphatic rings. The lowest BCUT2D eigenvalue weighted by Crippen LogP contribution is -2.35. The minimum absolute atomic E-state index is 0.00762. The maximum absolute atomic E-state index is 15.0. The molecule has 1 unspecified atom stereocenters. The molecule has 2 N–H and O–H groups in total. The van der Waals surface area contributed by atoms with Gasteiger partial charge in [-0.1, -0.05) is 6.07 Å².